The number of nitrogens with one attached hydrogen (secondary N) is 1. The molecule has 7 unspecified atom stereocenters. The van der Waals surface area contributed by atoms with Crippen LogP contribution in [0.25, 0.3) is 0 Å². The number of rotatable bonds is 77. The Morgan fingerprint density at radius 1 is 0.362 bits per heavy atom. The first-order valence-corrected chi connectivity index (χ1v) is 42.5. The number of aliphatic hydroxyl groups is 5. The van der Waals surface area contributed by atoms with Crippen molar-refractivity contribution >= 4 is 5.91 Å². The highest BCUT2D eigenvalue weighted by molar-refractivity contribution is 5.76. The molecule has 0 aromatic rings. The Labute approximate surface area is 585 Å². The van der Waals surface area contributed by atoms with Crippen molar-refractivity contribution < 1.29 is 39.8 Å². The van der Waals surface area contributed by atoms with Gasteiger partial charge in [0.15, 0.2) is 6.29 Å². The van der Waals surface area contributed by atoms with Crippen molar-refractivity contribution in [2.75, 3.05) is 13.2 Å². The summed E-state index contributed by atoms with van der Waals surface area (Å²) in [6.07, 6.45) is 93.2. The molecule has 0 saturated carbocycles. The molecule has 1 aliphatic rings. The van der Waals surface area contributed by atoms with Crippen LogP contribution in [0.4, 0.5) is 0 Å². The molecule has 1 rings (SSSR count). The third kappa shape index (κ3) is 61.7. The Hall–Kier alpha value is -1.33. The lowest BCUT2D eigenvalue weighted by Gasteiger charge is -2.40. The number of amides is 1. The monoisotopic (exact) mass is 1330 g/mol. The van der Waals surface area contributed by atoms with E-state index in [2.05, 4.69) is 43.5 Å². The Morgan fingerprint density at radius 3 is 0.915 bits per heavy atom. The summed E-state index contributed by atoms with van der Waals surface area (Å²) < 4.78 is 11.4. The number of ether oxygens (including phenoxy) is 2. The number of aliphatic hydroxyl groups excluding tert-OH is 5. The number of carbonyl (C=O) groups excluding carboxylic acids is 1. The highest BCUT2D eigenvalue weighted by Gasteiger charge is 2.44. The molecule has 9 nitrogen and oxygen atoms in total. The lowest BCUT2D eigenvalue weighted by Crippen LogP contribution is -2.60. The van der Waals surface area contributed by atoms with Gasteiger partial charge >= 0.3 is 0 Å². The molecule has 0 radical (unpaired) electrons. The van der Waals surface area contributed by atoms with Gasteiger partial charge in [0.25, 0.3) is 0 Å². The number of hydrogen-bond acceptors (Lipinski definition) is 8. The van der Waals surface area contributed by atoms with E-state index in [9.17, 15) is 30.3 Å². The third-order valence-corrected chi connectivity index (χ3v) is 20.8. The van der Waals surface area contributed by atoms with Gasteiger partial charge in [-0.2, -0.15) is 0 Å². The summed E-state index contributed by atoms with van der Waals surface area (Å²) in [6.45, 7) is 3.90. The molecule has 0 aromatic carbocycles. The second-order valence-electron chi connectivity index (χ2n) is 30.0. The summed E-state index contributed by atoms with van der Waals surface area (Å²) in [7, 11) is 0. The van der Waals surface area contributed by atoms with Gasteiger partial charge in [-0.25, -0.2) is 0 Å². The second kappa shape index (κ2) is 74.4. The summed E-state index contributed by atoms with van der Waals surface area (Å²) >= 11 is 0. The van der Waals surface area contributed by atoms with Crippen LogP contribution >= 0.6 is 0 Å². The van der Waals surface area contributed by atoms with E-state index in [1.54, 1.807) is 0 Å². The van der Waals surface area contributed by atoms with Gasteiger partial charge in [0.05, 0.1) is 25.4 Å². The first-order chi connectivity index (χ1) is 46.3. The van der Waals surface area contributed by atoms with E-state index in [4.69, 9.17) is 9.47 Å². The molecule has 7 atom stereocenters. The fourth-order valence-corrected chi connectivity index (χ4v) is 14.2. The molecule has 1 amide bonds. The zero-order chi connectivity index (χ0) is 67.8. The molecule has 0 aromatic heterocycles. The maximum atomic E-state index is 13.2. The van der Waals surface area contributed by atoms with Crippen LogP contribution < -0.4 is 5.32 Å². The van der Waals surface area contributed by atoms with Crippen molar-refractivity contribution in [2.45, 2.75) is 500 Å². The van der Waals surface area contributed by atoms with Gasteiger partial charge in [-0.1, -0.05) is 430 Å². The average Bonchev–Trinajstić information content (AvgIpc) is 0.829. The fraction of sp³-hybridized carbons (Fsp3) is 0.941. The maximum absolute atomic E-state index is 13.2. The van der Waals surface area contributed by atoms with Crippen LogP contribution in [0.1, 0.15) is 457 Å². The summed E-state index contributed by atoms with van der Waals surface area (Å²) in [5, 5.41) is 55.2. The van der Waals surface area contributed by atoms with Crippen molar-refractivity contribution in [2.24, 2.45) is 0 Å². The molecule has 0 spiro atoms. The summed E-state index contributed by atoms with van der Waals surface area (Å²) in [5.41, 5.74) is 0. The summed E-state index contributed by atoms with van der Waals surface area (Å²) in [4.78, 5) is 13.2. The van der Waals surface area contributed by atoms with Crippen LogP contribution in [0, 0.1) is 0 Å². The van der Waals surface area contributed by atoms with Crippen LogP contribution in [-0.4, -0.2) is 87.5 Å². The molecule has 1 heterocycles. The van der Waals surface area contributed by atoms with E-state index >= 15 is 0 Å². The average molecular weight is 1330 g/mol. The molecular weight excluding hydrogens is 1160 g/mol. The van der Waals surface area contributed by atoms with Gasteiger partial charge in [-0.3, -0.25) is 4.79 Å². The van der Waals surface area contributed by atoms with Crippen molar-refractivity contribution in [3.05, 3.63) is 24.3 Å². The molecule has 1 fully saturated rings. The van der Waals surface area contributed by atoms with Gasteiger partial charge in [0.2, 0.25) is 5.91 Å². The van der Waals surface area contributed by atoms with Gasteiger partial charge in [-0.05, 0) is 44.9 Å². The summed E-state index contributed by atoms with van der Waals surface area (Å²) in [5.74, 6) is -0.132. The van der Waals surface area contributed by atoms with Crippen LogP contribution in [0.5, 0.6) is 0 Å². The second-order valence-corrected chi connectivity index (χ2v) is 30.0. The molecule has 94 heavy (non-hydrogen) atoms. The van der Waals surface area contributed by atoms with E-state index in [0.717, 1.165) is 44.9 Å². The van der Waals surface area contributed by atoms with Gasteiger partial charge in [0, 0.05) is 6.42 Å². The Morgan fingerprint density at radius 2 is 0.628 bits per heavy atom. The number of hydrogen-bond donors (Lipinski definition) is 6. The van der Waals surface area contributed by atoms with E-state index in [0.29, 0.717) is 12.8 Å². The first kappa shape index (κ1) is 90.7. The predicted molar refractivity (Wildman–Crippen MR) is 406 cm³/mol. The SMILES string of the molecule is CCCCCCC/C=C\C/C=C\CCCCCCCCCCCCCCCCCCCCCCCCCCCCCC(=O)NC(COC1OC(CO)C(O)C(O)C1O)C(O)CCCCCCCCCCCCCCCCCCCCCCCCCCCCCCCCCC. The Kier molecular flexibility index (Phi) is 71.7. The summed E-state index contributed by atoms with van der Waals surface area (Å²) in [6, 6.07) is -0.718. The molecule has 6 N–H and O–H groups in total. The maximum Gasteiger partial charge on any atom is 0.220 e. The fourth-order valence-electron chi connectivity index (χ4n) is 14.2. The van der Waals surface area contributed by atoms with Crippen LogP contribution in [0.3, 0.4) is 0 Å². The number of allylic oxidation sites excluding steroid dienone is 4. The number of unbranched alkanes of at least 4 members (excludes halogenated alkanes) is 63. The van der Waals surface area contributed by atoms with Crippen molar-refractivity contribution in [1.82, 2.24) is 5.32 Å². The van der Waals surface area contributed by atoms with Crippen LogP contribution in [-0.2, 0) is 14.3 Å². The normalized spacial score (nSPS) is 17.5. The molecule has 1 aliphatic heterocycles. The largest absolute Gasteiger partial charge is 0.394 e. The Balaban J connectivity index is 2.01. The van der Waals surface area contributed by atoms with Crippen molar-refractivity contribution in [3.63, 3.8) is 0 Å². The zero-order valence-electron chi connectivity index (χ0n) is 63.0. The highest BCUT2D eigenvalue weighted by Crippen LogP contribution is 2.25. The molecule has 9 heteroatoms. The third-order valence-electron chi connectivity index (χ3n) is 20.8. The highest BCUT2D eigenvalue weighted by atomic mass is 16.7. The van der Waals surface area contributed by atoms with Crippen molar-refractivity contribution in [3.8, 4) is 0 Å². The molecule has 0 aliphatic carbocycles. The van der Waals surface area contributed by atoms with E-state index in [1.807, 2.05) is 0 Å². The molecule has 0 bridgehead atoms. The van der Waals surface area contributed by atoms with Crippen molar-refractivity contribution in [1.29, 1.82) is 0 Å². The van der Waals surface area contributed by atoms with Gasteiger partial charge in [-0.15, -0.1) is 0 Å². The Bertz CT molecular complexity index is 1540. The molecular formula is C85H165NO8. The van der Waals surface area contributed by atoms with Gasteiger partial charge in [0.1, 0.15) is 24.4 Å². The predicted octanol–water partition coefficient (Wildman–Crippen LogP) is 24.7. The molecule has 1 saturated heterocycles. The van der Waals surface area contributed by atoms with E-state index in [1.165, 1.54) is 385 Å². The topological polar surface area (TPSA) is 149 Å². The number of carbonyl (C=O) groups is 1. The minimum Gasteiger partial charge on any atom is -0.394 e. The smallest absolute Gasteiger partial charge is 0.220 e. The first-order valence-electron chi connectivity index (χ1n) is 42.5. The van der Waals surface area contributed by atoms with E-state index < -0.39 is 49.5 Å². The molecule has 558 valence electrons. The quantitative estimate of drug-likeness (QED) is 0.0261. The minimum absolute atomic E-state index is 0.132. The van der Waals surface area contributed by atoms with Gasteiger partial charge < -0.3 is 40.3 Å². The van der Waals surface area contributed by atoms with E-state index in [-0.39, 0.29) is 12.5 Å². The zero-order valence-corrected chi connectivity index (χ0v) is 63.0. The van der Waals surface area contributed by atoms with Crippen LogP contribution in [0.15, 0.2) is 24.3 Å². The lowest BCUT2D eigenvalue weighted by molar-refractivity contribution is -0.302. The van der Waals surface area contributed by atoms with Crippen LogP contribution in [0.2, 0.25) is 0 Å². The minimum atomic E-state index is -1.55. The lowest BCUT2D eigenvalue weighted by atomic mass is 9.99. The standard InChI is InChI=1S/C85H165NO8/c1-3-5-7-9-11-13-15-17-19-21-23-25-27-29-31-33-35-37-38-39-40-41-42-43-45-47-49-51-53-55-57-59-61-63-65-67-69-71-73-75-81(89)86-78(77-93-85-84(92)83(91)82(90)80(76-87)94-85)79(88)74-72-70-68-66-64-62-60-58-56-54-52-50-48-46-44-36-34-32-30-28-26-24-22-20-18-16-14-12-10-8-6-4-2/h15,17,21,23,78-80,82-85,87-88,90-92H,3-14,16,18-20,22,24-77H2,1-2H3,(H,86,89)/b17-15-,23-21-.